The highest BCUT2D eigenvalue weighted by Gasteiger charge is 2.12. The second-order valence-electron chi connectivity index (χ2n) is 4.76. The van der Waals surface area contributed by atoms with Gasteiger partial charge in [-0.3, -0.25) is 4.98 Å². The molecule has 1 unspecified atom stereocenters. The normalized spacial score (nSPS) is 12.5. The SMILES string of the molecule is CC(Nc1ccc2oc(=O)[nH]c2c1)c1ccc(Br)cc1F. The lowest BCUT2D eigenvalue weighted by Crippen LogP contribution is -2.08. The smallest absolute Gasteiger partial charge is 0.408 e. The van der Waals surface area contributed by atoms with E-state index in [9.17, 15) is 9.18 Å². The van der Waals surface area contributed by atoms with Crippen LogP contribution in [-0.4, -0.2) is 4.98 Å². The number of benzene rings is 2. The maximum atomic E-state index is 13.9. The van der Waals surface area contributed by atoms with E-state index >= 15 is 0 Å². The Hall–Kier alpha value is -2.08. The van der Waals surface area contributed by atoms with Crippen LogP contribution in [0.2, 0.25) is 0 Å². The highest BCUT2D eigenvalue weighted by Crippen LogP contribution is 2.25. The van der Waals surface area contributed by atoms with E-state index in [0.29, 0.717) is 21.1 Å². The van der Waals surface area contributed by atoms with Crippen LogP contribution in [-0.2, 0) is 0 Å². The number of oxazole rings is 1. The molecule has 3 rings (SSSR count). The standard InChI is InChI=1S/C15H12BrFN2O2/c1-8(11-4-2-9(16)6-12(11)17)18-10-3-5-14-13(7-10)19-15(20)21-14/h2-8,18H,1H3,(H,19,20). The number of halogens is 2. The predicted octanol–water partition coefficient (Wildman–Crippen LogP) is 4.20. The Morgan fingerprint density at radius 3 is 2.86 bits per heavy atom. The molecule has 21 heavy (non-hydrogen) atoms. The molecule has 0 aliphatic carbocycles. The first kappa shape index (κ1) is 13.9. The van der Waals surface area contributed by atoms with Gasteiger partial charge in [-0.25, -0.2) is 9.18 Å². The minimum absolute atomic E-state index is 0.214. The van der Waals surface area contributed by atoms with Crippen LogP contribution in [0.4, 0.5) is 10.1 Å². The van der Waals surface area contributed by atoms with Crippen molar-refractivity contribution in [2.45, 2.75) is 13.0 Å². The molecule has 0 spiro atoms. The number of aromatic amines is 1. The molecule has 2 aromatic carbocycles. The summed E-state index contributed by atoms with van der Waals surface area (Å²) < 4.78 is 19.6. The van der Waals surface area contributed by atoms with E-state index in [0.717, 1.165) is 5.69 Å². The van der Waals surface area contributed by atoms with Gasteiger partial charge in [0.1, 0.15) is 5.82 Å². The van der Waals surface area contributed by atoms with Gasteiger partial charge < -0.3 is 9.73 Å². The average molecular weight is 351 g/mol. The highest BCUT2D eigenvalue weighted by atomic mass is 79.9. The second kappa shape index (κ2) is 5.37. The Morgan fingerprint density at radius 1 is 1.29 bits per heavy atom. The molecule has 3 aromatic rings. The van der Waals surface area contributed by atoms with E-state index in [2.05, 4.69) is 26.2 Å². The number of anilines is 1. The molecule has 1 atom stereocenters. The zero-order chi connectivity index (χ0) is 15.0. The summed E-state index contributed by atoms with van der Waals surface area (Å²) in [6.45, 7) is 1.87. The first-order valence-electron chi connectivity index (χ1n) is 6.37. The quantitative estimate of drug-likeness (QED) is 0.744. The Morgan fingerprint density at radius 2 is 2.10 bits per heavy atom. The zero-order valence-corrected chi connectivity index (χ0v) is 12.7. The Balaban J connectivity index is 1.88. The monoisotopic (exact) mass is 350 g/mol. The van der Waals surface area contributed by atoms with Crippen LogP contribution in [0.1, 0.15) is 18.5 Å². The maximum absolute atomic E-state index is 13.9. The van der Waals surface area contributed by atoms with Gasteiger partial charge in [-0.2, -0.15) is 0 Å². The number of fused-ring (bicyclic) bond motifs is 1. The minimum atomic E-state index is -0.492. The molecule has 0 aliphatic rings. The Kier molecular flexibility index (Phi) is 3.55. The molecule has 0 saturated carbocycles. The van der Waals surface area contributed by atoms with Crippen molar-refractivity contribution in [1.82, 2.24) is 4.98 Å². The third-order valence-corrected chi connectivity index (χ3v) is 3.72. The lowest BCUT2D eigenvalue weighted by Gasteiger charge is -2.16. The van der Waals surface area contributed by atoms with E-state index in [1.165, 1.54) is 6.07 Å². The number of nitrogens with one attached hydrogen (secondary N) is 2. The molecule has 2 N–H and O–H groups in total. The average Bonchev–Trinajstić information content (AvgIpc) is 2.77. The molecule has 0 bridgehead atoms. The van der Waals surface area contributed by atoms with Gasteiger partial charge in [0, 0.05) is 15.7 Å². The van der Waals surface area contributed by atoms with Gasteiger partial charge in [0.05, 0.1) is 11.6 Å². The van der Waals surface area contributed by atoms with Gasteiger partial charge in [0.25, 0.3) is 0 Å². The van der Waals surface area contributed by atoms with Crippen LogP contribution in [0.25, 0.3) is 11.1 Å². The van der Waals surface area contributed by atoms with Crippen molar-refractivity contribution in [3.8, 4) is 0 Å². The summed E-state index contributed by atoms with van der Waals surface area (Å²) in [6, 6.07) is 9.99. The van der Waals surface area contributed by atoms with E-state index in [1.807, 2.05) is 6.92 Å². The first-order chi connectivity index (χ1) is 10.0. The van der Waals surface area contributed by atoms with E-state index in [-0.39, 0.29) is 11.9 Å². The summed E-state index contributed by atoms with van der Waals surface area (Å²) in [6.07, 6.45) is 0. The number of aromatic nitrogens is 1. The summed E-state index contributed by atoms with van der Waals surface area (Å²) in [5.74, 6) is -0.767. The van der Waals surface area contributed by atoms with Crippen molar-refractivity contribution in [3.05, 3.63) is 62.8 Å². The van der Waals surface area contributed by atoms with Crippen LogP contribution >= 0.6 is 15.9 Å². The summed E-state index contributed by atoms with van der Waals surface area (Å²) in [5, 5.41) is 3.20. The van der Waals surface area contributed by atoms with Gasteiger partial charge in [-0.15, -0.1) is 0 Å². The third-order valence-electron chi connectivity index (χ3n) is 3.23. The molecule has 6 heteroatoms. The summed E-state index contributed by atoms with van der Waals surface area (Å²) in [4.78, 5) is 13.7. The fraction of sp³-hybridized carbons (Fsp3) is 0.133. The van der Waals surface area contributed by atoms with Crippen molar-refractivity contribution in [2.24, 2.45) is 0 Å². The van der Waals surface area contributed by atoms with E-state index in [4.69, 9.17) is 4.42 Å². The van der Waals surface area contributed by atoms with Crippen LogP contribution in [0.3, 0.4) is 0 Å². The van der Waals surface area contributed by atoms with Gasteiger partial charge in [0.2, 0.25) is 0 Å². The molecule has 1 aromatic heterocycles. The third kappa shape index (κ3) is 2.85. The molecule has 0 radical (unpaired) electrons. The molecular formula is C15H12BrFN2O2. The largest absolute Gasteiger partial charge is 0.417 e. The predicted molar refractivity (Wildman–Crippen MR) is 83.0 cm³/mol. The maximum Gasteiger partial charge on any atom is 0.417 e. The van der Waals surface area contributed by atoms with E-state index < -0.39 is 5.76 Å². The molecule has 0 amide bonds. The summed E-state index contributed by atoms with van der Waals surface area (Å²) >= 11 is 3.24. The molecular weight excluding hydrogens is 339 g/mol. The number of hydrogen-bond acceptors (Lipinski definition) is 3. The van der Waals surface area contributed by atoms with Crippen molar-refractivity contribution < 1.29 is 8.81 Å². The van der Waals surface area contributed by atoms with Crippen LogP contribution in [0.5, 0.6) is 0 Å². The molecule has 0 aliphatic heterocycles. The summed E-state index contributed by atoms with van der Waals surface area (Å²) in [7, 11) is 0. The summed E-state index contributed by atoms with van der Waals surface area (Å²) in [5.41, 5.74) is 2.44. The minimum Gasteiger partial charge on any atom is -0.408 e. The number of hydrogen-bond donors (Lipinski definition) is 2. The lowest BCUT2D eigenvalue weighted by molar-refractivity contribution is 0.555. The fourth-order valence-corrected chi connectivity index (χ4v) is 2.56. The van der Waals surface area contributed by atoms with Gasteiger partial charge in [0.15, 0.2) is 5.58 Å². The molecule has 1 heterocycles. The van der Waals surface area contributed by atoms with Crippen molar-refractivity contribution in [1.29, 1.82) is 0 Å². The van der Waals surface area contributed by atoms with Gasteiger partial charge in [-0.05, 0) is 37.3 Å². The molecule has 0 fully saturated rings. The molecule has 4 nitrogen and oxygen atoms in total. The van der Waals surface area contributed by atoms with Crippen molar-refractivity contribution in [3.63, 3.8) is 0 Å². The van der Waals surface area contributed by atoms with Crippen LogP contribution < -0.4 is 11.1 Å². The molecule has 0 saturated heterocycles. The van der Waals surface area contributed by atoms with Crippen LogP contribution in [0.15, 0.2) is 50.1 Å². The van der Waals surface area contributed by atoms with E-state index in [1.54, 1.807) is 30.3 Å². The Labute approximate surface area is 128 Å². The highest BCUT2D eigenvalue weighted by molar-refractivity contribution is 9.10. The van der Waals surface area contributed by atoms with Crippen molar-refractivity contribution >= 4 is 32.7 Å². The number of rotatable bonds is 3. The zero-order valence-electron chi connectivity index (χ0n) is 11.1. The first-order valence-corrected chi connectivity index (χ1v) is 7.16. The fourth-order valence-electron chi connectivity index (χ4n) is 2.22. The van der Waals surface area contributed by atoms with Crippen LogP contribution in [0, 0.1) is 5.82 Å². The molecule has 108 valence electrons. The lowest BCUT2D eigenvalue weighted by atomic mass is 10.1. The second-order valence-corrected chi connectivity index (χ2v) is 5.67. The van der Waals surface area contributed by atoms with Gasteiger partial charge >= 0.3 is 5.76 Å². The van der Waals surface area contributed by atoms with Gasteiger partial charge in [-0.1, -0.05) is 22.0 Å². The topological polar surface area (TPSA) is 58.0 Å². The number of H-pyrrole nitrogens is 1. The Bertz CT molecular complexity index is 856. The van der Waals surface area contributed by atoms with Crippen molar-refractivity contribution in [2.75, 3.05) is 5.32 Å².